The smallest absolute Gasteiger partial charge is 0.493 e. The average molecular weight is 647 g/mol. The van der Waals surface area contributed by atoms with E-state index in [9.17, 15) is 9.59 Å². The largest absolute Gasteiger partial charge is 0.514 e. The molecule has 2 heterocycles. The van der Waals surface area contributed by atoms with Gasteiger partial charge in [-0.15, -0.1) is 0 Å². The van der Waals surface area contributed by atoms with Crippen molar-refractivity contribution in [2.75, 3.05) is 20.7 Å². The molecule has 1 amide bonds. The molecule has 2 aliphatic heterocycles. The summed E-state index contributed by atoms with van der Waals surface area (Å²) in [6, 6.07) is 12.4. The first kappa shape index (κ1) is 33.3. The first-order chi connectivity index (χ1) is 22.2. The van der Waals surface area contributed by atoms with Crippen molar-refractivity contribution in [2.45, 2.75) is 102 Å². The van der Waals surface area contributed by atoms with Gasteiger partial charge >= 0.3 is 6.16 Å². The maximum atomic E-state index is 13.3. The summed E-state index contributed by atoms with van der Waals surface area (Å²) in [5.41, 5.74) is 3.84. The number of allylic oxidation sites excluding steroid dienone is 2. The molecule has 6 atom stereocenters. The fourth-order valence-electron chi connectivity index (χ4n) is 9.82. The number of nitrogens with one attached hydrogen (secondary N) is 1. The zero-order valence-corrected chi connectivity index (χ0v) is 28.2. The number of hydrogen-bond acceptors (Lipinski definition) is 7. The van der Waals surface area contributed by atoms with Gasteiger partial charge in [-0.2, -0.15) is 0 Å². The summed E-state index contributed by atoms with van der Waals surface area (Å²) >= 11 is 0. The van der Waals surface area contributed by atoms with Gasteiger partial charge in [0.15, 0.2) is 11.5 Å². The molecule has 0 aromatic heterocycles. The summed E-state index contributed by atoms with van der Waals surface area (Å²) in [5.74, 6) is 2.78. The molecular formula is C38H50N2O7. The second-order valence-electron chi connectivity index (χ2n) is 14.7. The molecule has 2 saturated carbocycles. The van der Waals surface area contributed by atoms with Crippen molar-refractivity contribution in [2.24, 2.45) is 17.3 Å². The molecule has 2 aromatic carbocycles. The predicted molar refractivity (Wildman–Crippen MR) is 179 cm³/mol. The normalized spacial score (nSPS) is 29.3. The van der Waals surface area contributed by atoms with E-state index in [1.165, 1.54) is 18.2 Å². The molecular weight excluding hydrogens is 596 g/mol. The Morgan fingerprint density at radius 1 is 1.13 bits per heavy atom. The van der Waals surface area contributed by atoms with Crippen molar-refractivity contribution in [3.05, 3.63) is 65.2 Å². The molecule has 9 heteroatoms. The number of hydrogen-bond donors (Lipinski definition) is 1. The van der Waals surface area contributed by atoms with Crippen LogP contribution in [0.3, 0.4) is 0 Å². The first-order valence-corrected chi connectivity index (χ1v) is 17.2. The molecule has 4 unspecified atom stereocenters. The maximum absolute atomic E-state index is 13.3. The Morgan fingerprint density at radius 2 is 1.98 bits per heavy atom. The minimum absolute atomic E-state index is 0. The Balaban J connectivity index is 0.00000386. The van der Waals surface area contributed by atoms with E-state index >= 15 is 0 Å². The van der Waals surface area contributed by atoms with Gasteiger partial charge < -0.3 is 34.6 Å². The molecule has 254 valence electrons. The summed E-state index contributed by atoms with van der Waals surface area (Å²) in [6.07, 6.45) is 11.7. The highest BCUT2D eigenvalue weighted by atomic mass is 16.7. The third kappa shape index (κ3) is 5.79. The molecule has 0 radical (unpaired) electrons. The first-order valence-electron chi connectivity index (χ1n) is 17.2. The van der Waals surface area contributed by atoms with Crippen LogP contribution in [-0.2, 0) is 27.9 Å². The number of rotatable bonds is 12. The fourth-order valence-corrected chi connectivity index (χ4v) is 9.82. The number of carbonyl (C=O) groups is 2. The highest BCUT2D eigenvalue weighted by molar-refractivity contribution is 5.75. The summed E-state index contributed by atoms with van der Waals surface area (Å²) in [4.78, 5) is 28.2. The van der Waals surface area contributed by atoms with Crippen LogP contribution in [0, 0.1) is 17.3 Å². The molecule has 2 bridgehead atoms. The highest BCUT2D eigenvalue weighted by Gasteiger charge is 2.76. The zero-order valence-electron chi connectivity index (χ0n) is 28.2. The number of unbranched alkanes of at least 4 members (excludes halogenated alkanes) is 3. The number of ether oxygens (including phenoxy) is 4. The molecule has 2 spiro atoms. The predicted octanol–water partition coefficient (Wildman–Crippen LogP) is 5.90. The van der Waals surface area contributed by atoms with Crippen LogP contribution in [0.1, 0.15) is 81.9 Å². The van der Waals surface area contributed by atoms with Gasteiger partial charge in [-0.3, -0.25) is 4.79 Å². The number of methoxy groups -OCH3 is 1. The molecule has 7 rings (SSSR count). The van der Waals surface area contributed by atoms with Crippen LogP contribution in [0.2, 0.25) is 0 Å². The van der Waals surface area contributed by atoms with Gasteiger partial charge in [0.05, 0.1) is 7.11 Å². The van der Waals surface area contributed by atoms with Gasteiger partial charge in [0.1, 0.15) is 18.0 Å². The van der Waals surface area contributed by atoms with Gasteiger partial charge in [0.2, 0.25) is 5.91 Å². The van der Waals surface area contributed by atoms with Crippen molar-refractivity contribution in [3.63, 3.8) is 0 Å². The van der Waals surface area contributed by atoms with Crippen LogP contribution in [0.4, 0.5) is 4.79 Å². The van der Waals surface area contributed by atoms with Crippen molar-refractivity contribution < 1.29 is 34.0 Å². The van der Waals surface area contributed by atoms with Crippen LogP contribution in [0.5, 0.6) is 17.2 Å². The molecule has 1 saturated heterocycles. The third-order valence-corrected chi connectivity index (χ3v) is 11.3. The van der Waals surface area contributed by atoms with Crippen molar-refractivity contribution in [1.82, 2.24) is 10.2 Å². The van der Waals surface area contributed by atoms with Crippen molar-refractivity contribution in [3.8, 4) is 17.2 Å². The topological polar surface area (TPSA) is 118 Å². The van der Waals surface area contributed by atoms with E-state index in [4.69, 9.17) is 18.9 Å². The number of amides is 1. The van der Waals surface area contributed by atoms with Gasteiger partial charge in [0.25, 0.3) is 0 Å². The molecule has 3 aliphatic carbocycles. The van der Waals surface area contributed by atoms with E-state index in [-0.39, 0.29) is 34.8 Å². The van der Waals surface area contributed by atoms with E-state index in [0.29, 0.717) is 42.0 Å². The Kier molecular flexibility index (Phi) is 9.33. The van der Waals surface area contributed by atoms with E-state index in [0.717, 1.165) is 69.2 Å². The standard InChI is InChI=1S/C38H48N2O6.H2O/c1-24(2)11-8-6-5-7-9-14-32(41)39-21-25-15-17-28(31(19-25)43-4)45-36(42)46-30-18-16-27-34-37(23-40(34)3)20-26-12-10-13-29-33(26)38(27,22-37)35(30)44-29;/h8,10-13,15,17,19,24,27,30,34-35H,5-7,9,14,16,18,20-23H2,1-4H3,(H,39,41);1H2/b11-8+;/t27?,30?,34?,35-,37-,38?;/m1./s1. The van der Waals surface area contributed by atoms with Crippen molar-refractivity contribution >= 4 is 12.1 Å². The summed E-state index contributed by atoms with van der Waals surface area (Å²) in [7, 11) is 3.80. The number of likely N-dealkylation sites (tertiary alicyclic amines) is 1. The quantitative estimate of drug-likeness (QED) is 0.132. The summed E-state index contributed by atoms with van der Waals surface area (Å²) in [5, 5.41) is 2.99. The summed E-state index contributed by atoms with van der Waals surface area (Å²) in [6.45, 7) is 5.85. The Morgan fingerprint density at radius 3 is 2.77 bits per heavy atom. The number of benzene rings is 2. The Hall–Kier alpha value is -3.56. The van der Waals surface area contributed by atoms with Crippen molar-refractivity contribution in [1.29, 1.82) is 0 Å². The second kappa shape index (κ2) is 13.2. The van der Waals surface area contributed by atoms with E-state index in [1.807, 2.05) is 6.07 Å². The van der Waals surface area contributed by atoms with Crippen LogP contribution in [0.25, 0.3) is 0 Å². The Labute approximate surface area is 278 Å². The van der Waals surface area contributed by atoms with E-state index in [2.05, 4.69) is 61.5 Å². The van der Waals surface area contributed by atoms with E-state index in [1.54, 1.807) is 12.1 Å². The monoisotopic (exact) mass is 646 g/mol. The molecule has 5 aliphatic rings. The van der Waals surface area contributed by atoms with Gasteiger partial charge in [-0.05, 0) is 93.2 Å². The lowest BCUT2D eigenvalue weighted by Gasteiger charge is -2.55. The lowest BCUT2D eigenvalue weighted by atomic mass is 9.59. The number of fused-ring (bicyclic) bond motifs is 1. The van der Waals surface area contributed by atoms with Gasteiger partial charge in [-0.25, -0.2) is 4.79 Å². The second-order valence-corrected chi connectivity index (χ2v) is 14.7. The number of carbonyl (C=O) groups excluding carboxylic acids is 2. The SMILES string of the molecule is COc1cc(CNC(=O)CCCCC/C=C/C(C)C)ccc1OC(=O)OC1CCC2C3N(C)C[C@]34Cc3cccc5c3C2(C4)[C@@H]1O5.O. The van der Waals surface area contributed by atoms with Crippen LogP contribution < -0.4 is 19.5 Å². The maximum Gasteiger partial charge on any atom is 0.514 e. The van der Waals surface area contributed by atoms with Crippen LogP contribution in [0.15, 0.2) is 48.6 Å². The minimum atomic E-state index is -0.748. The highest BCUT2D eigenvalue weighted by Crippen LogP contribution is 2.73. The molecule has 3 fully saturated rings. The Bertz CT molecular complexity index is 1520. The third-order valence-electron chi connectivity index (χ3n) is 11.3. The number of nitrogens with zero attached hydrogens (tertiary/aromatic N) is 1. The van der Waals surface area contributed by atoms with E-state index < -0.39 is 6.16 Å². The summed E-state index contributed by atoms with van der Waals surface area (Å²) < 4.78 is 24.1. The molecule has 47 heavy (non-hydrogen) atoms. The lowest BCUT2D eigenvalue weighted by molar-refractivity contribution is -0.121. The van der Waals surface area contributed by atoms with Crippen LogP contribution >= 0.6 is 0 Å². The zero-order chi connectivity index (χ0) is 32.1. The lowest BCUT2D eigenvalue weighted by Crippen LogP contribution is -2.63. The van der Waals surface area contributed by atoms with Gasteiger partial charge in [-0.1, -0.05) is 50.6 Å². The molecule has 3 N–H and O–H groups in total. The average Bonchev–Trinajstić information content (AvgIpc) is 3.46. The van der Waals surface area contributed by atoms with Crippen LogP contribution in [-0.4, -0.2) is 61.4 Å². The minimum Gasteiger partial charge on any atom is -0.493 e. The molecule has 2 aromatic rings. The fraction of sp³-hybridized carbons (Fsp3) is 0.579. The van der Waals surface area contributed by atoms with Gasteiger partial charge in [0, 0.05) is 41.9 Å². The molecule has 9 nitrogen and oxygen atoms in total.